The van der Waals surface area contributed by atoms with Gasteiger partial charge in [0.25, 0.3) is 0 Å². The Hall–Kier alpha value is -0.0800. The summed E-state index contributed by atoms with van der Waals surface area (Å²) in [4.78, 5) is 2.44. The van der Waals surface area contributed by atoms with Gasteiger partial charge in [-0.05, 0) is 65.6 Å². The van der Waals surface area contributed by atoms with Gasteiger partial charge in [-0.15, -0.1) is 0 Å². The van der Waals surface area contributed by atoms with E-state index in [2.05, 4.69) is 25.8 Å². The van der Waals surface area contributed by atoms with E-state index < -0.39 is 0 Å². The standard InChI is InChI=1S/C12H25NO/c1-12(2,14-4)10-11-6-5-8-13(3)9-7-11/h11H,5-10H2,1-4H3. The third-order valence-corrected chi connectivity index (χ3v) is 3.40. The van der Waals surface area contributed by atoms with Crippen molar-refractivity contribution in [2.24, 2.45) is 5.92 Å². The summed E-state index contributed by atoms with van der Waals surface area (Å²) < 4.78 is 5.49. The molecule has 0 amide bonds. The summed E-state index contributed by atoms with van der Waals surface area (Å²) in [6.45, 7) is 6.91. The molecule has 1 unspecified atom stereocenters. The minimum absolute atomic E-state index is 0.0631. The zero-order valence-electron chi connectivity index (χ0n) is 10.2. The molecule has 2 heteroatoms. The third kappa shape index (κ3) is 3.97. The van der Waals surface area contributed by atoms with Crippen LogP contribution in [-0.2, 0) is 4.74 Å². The lowest BCUT2D eigenvalue weighted by Gasteiger charge is -2.27. The Morgan fingerprint density at radius 3 is 2.64 bits per heavy atom. The van der Waals surface area contributed by atoms with Crippen LogP contribution in [0, 0.1) is 5.92 Å². The maximum atomic E-state index is 5.49. The van der Waals surface area contributed by atoms with Crippen LogP contribution in [0.15, 0.2) is 0 Å². The fourth-order valence-electron chi connectivity index (χ4n) is 2.29. The van der Waals surface area contributed by atoms with Gasteiger partial charge in [0.15, 0.2) is 0 Å². The Bertz CT molecular complexity index is 168. The average Bonchev–Trinajstić information content (AvgIpc) is 2.31. The predicted molar refractivity (Wildman–Crippen MR) is 60.5 cm³/mol. The van der Waals surface area contributed by atoms with Crippen molar-refractivity contribution in [1.29, 1.82) is 0 Å². The van der Waals surface area contributed by atoms with E-state index in [1.165, 1.54) is 38.8 Å². The molecule has 0 bridgehead atoms. The molecule has 1 heterocycles. The highest BCUT2D eigenvalue weighted by Crippen LogP contribution is 2.27. The molecule has 1 fully saturated rings. The Balaban J connectivity index is 2.37. The molecule has 0 radical (unpaired) electrons. The third-order valence-electron chi connectivity index (χ3n) is 3.40. The maximum Gasteiger partial charge on any atom is 0.0625 e. The van der Waals surface area contributed by atoms with E-state index in [1.807, 2.05) is 7.11 Å². The number of nitrogens with zero attached hydrogens (tertiary/aromatic N) is 1. The second-order valence-electron chi connectivity index (χ2n) is 5.27. The van der Waals surface area contributed by atoms with Crippen LogP contribution >= 0.6 is 0 Å². The van der Waals surface area contributed by atoms with Gasteiger partial charge in [-0.2, -0.15) is 0 Å². The van der Waals surface area contributed by atoms with Crippen molar-refractivity contribution in [1.82, 2.24) is 4.90 Å². The second-order valence-corrected chi connectivity index (χ2v) is 5.27. The number of hydrogen-bond acceptors (Lipinski definition) is 2. The van der Waals surface area contributed by atoms with Crippen molar-refractivity contribution in [2.75, 3.05) is 27.2 Å². The van der Waals surface area contributed by atoms with Crippen LogP contribution in [0.4, 0.5) is 0 Å². The largest absolute Gasteiger partial charge is 0.379 e. The van der Waals surface area contributed by atoms with Gasteiger partial charge in [-0.3, -0.25) is 0 Å². The highest BCUT2D eigenvalue weighted by molar-refractivity contribution is 4.76. The molecular weight excluding hydrogens is 174 g/mol. The second kappa shape index (κ2) is 5.13. The summed E-state index contributed by atoms with van der Waals surface area (Å²) in [5, 5.41) is 0. The molecule has 14 heavy (non-hydrogen) atoms. The SMILES string of the molecule is COC(C)(C)CC1CCCN(C)CC1. The number of likely N-dealkylation sites (tertiary alicyclic amines) is 1. The van der Waals surface area contributed by atoms with E-state index in [9.17, 15) is 0 Å². The molecule has 0 N–H and O–H groups in total. The topological polar surface area (TPSA) is 12.5 Å². The van der Waals surface area contributed by atoms with Gasteiger partial charge >= 0.3 is 0 Å². The van der Waals surface area contributed by atoms with Crippen LogP contribution in [0.1, 0.15) is 39.5 Å². The fraction of sp³-hybridized carbons (Fsp3) is 1.00. The van der Waals surface area contributed by atoms with Gasteiger partial charge < -0.3 is 9.64 Å². The zero-order chi connectivity index (χ0) is 10.6. The molecule has 1 saturated heterocycles. The number of rotatable bonds is 3. The first kappa shape index (κ1) is 12.0. The summed E-state index contributed by atoms with van der Waals surface area (Å²) >= 11 is 0. The van der Waals surface area contributed by atoms with Crippen LogP contribution < -0.4 is 0 Å². The van der Waals surface area contributed by atoms with Crippen LogP contribution in [0.2, 0.25) is 0 Å². The Morgan fingerprint density at radius 2 is 2.00 bits per heavy atom. The highest BCUT2D eigenvalue weighted by atomic mass is 16.5. The molecule has 0 saturated carbocycles. The number of ether oxygens (including phenoxy) is 1. The van der Waals surface area contributed by atoms with Gasteiger partial charge in [0.05, 0.1) is 5.60 Å². The molecule has 84 valence electrons. The van der Waals surface area contributed by atoms with Crippen LogP contribution in [0.5, 0.6) is 0 Å². The lowest BCUT2D eigenvalue weighted by atomic mass is 9.88. The molecule has 0 spiro atoms. The van der Waals surface area contributed by atoms with Crippen LogP contribution in [-0.4, -0.2) is 37.7 Å². The average molecular weight is 199 g/mol. The molecule has 0 aromatic carbocycles. The minimum Gasteiger partial charge on any atom is -0.379 e. The Kier molecular flexibility index (Phi) is 4.39. The molecule has 1 aliphatic heterocycles. The van der Waals surface area contributed by atoms with Gasteiger partial charge in [0, 0.05) is 7.11 Å². The zero-order valence-corrected chi connectivity index (χ0v) is 10.2. The fourth-order valence-corrected chi connectivity index (χ4v) is 2.29. The summed E-state index contributed by atoms with van der Waals surface area (Å²) in [6, 6.07) is 0. The van der Waals surface area contributed by atoms with Crippen molar-refractivity contribution in [3.8, 4) is 0 Å². The summed E-state index contributed by atoms with van der Waals surface area (Å²) in [5.74, 6) is 0.856. The Morgan fingerprint density at radius 1 is 1.29 bits per heavy atom. The van der Waals surface area contributed by atoms with E-state index >= 15 is 0 Å². The van der Waals surface area contributed by atoms with Crippen molar-refractivity contribution in [3.05, 3.63) is 0 Å². The van der Waals surface area contributed by atoms with Gasteiger partial charge in [0.2, 0.25) is 0 Å². The number of hydrogen-bond donors (Lipinski definition) is 0. The lowest BCUT2D eigenvalue weighted by Crippen LogP contribution is -2.27. The van der Waals surface area contributed by atoms with Crippen molar-refractivity contribution >= 4 is 0 Å². The van der Waals surface area contributed by atoms with E-state index in [0.717, 1.165) is 5.92 Å². The van der Waals surface area contributed by atoms with Crippen molar-refractivity contribution in [3.63, 3.8) is 0 Å². The van der Waals surface area contributed by atoms with E-state index in [-0.39, 0.29) is 5.60 Å². The van der Waals surface area contributed by atoms with Crippen LogP contribution in [0.25, 0.3) is 0 Å². The highest BCUT2D eigenvalue weighted by Gasteiger charge is 2.24. The van der Waals surface area contributed by atoms with Crippen molar-refractivity contribution in [2.45, 2.75) is 45.1 Å². The summed E-state index contributed by atoms with van der Waals surface area (Å²) in [5.41, 5.74) is 0.0631. The number of methoxy groups -OCH3 is 1. The van der Waals surface area contributed by atoms with E-state index in [0.29, 0.717) is 0 Å². The molecule has 1 atom stereocenters. The first-order valence-corrected chi connectivity index (χ1v) is 5.77. The molecule has 2 nitrogen and oxygen atoms in total. The molecule has 1 aliphatic rings. The van der Waals surface area contributed by atoms with Crippen molar-refractivity contribution < 1.29 is 4.74 Å². The monoisotopic (exact) mass is 199 g/mol. The molecule has 0 aliphatic carbocycles. The lowest BCUT2D eigenvalue weighted by molar-refractivity contribution is 0.000384. The smallest absolute Gasteiger partial charge is 0.0625 e. The normalized spacial score (nSPS) is 26.1. The molecular formula is C12H25NO. The van der Waals surface area contributed by atoms with E-state index in [4.69, 9.17) is 4.74 Å². The van der Waals surface area contributed by atoms with Gasteiger partial charge in [-0.1, -0.05) is 0 Å². The first-order chi connectivity index (χ1) is 6.53. The summed E-state index contributed by atoms with van der Waals surface area (Å²) in [6.07, 6.45) is 5.26. The minimum atomic E-state index is 0.0631. The van der Waals surface area contributed by atoms with Gasteiger partial charge in [0.1, 0.15) is 0 Å². The van der Waals surface area contributed by atoms with Crippen LogP contribution in [0.3, 0.4) is 0 Å². The first-order valence-electron chi connectivity index (χ1n) is 5.77. The van der Waals surface area contributed by atoms with Gasteiger partial charge in [-0.25, -0.2) is 0 Å². The molecule has 0 aromatic heterocycles. The maximum absolute atomic E-state index is 5.49. The Labute approximate surface area is 88.6 Å². The summed E-state index contributed by atoms with van der Waals surface area (Å²) in [7, 11) is 4.05. The van der Waals surface area contributed by atoms with E-state index in [1.54, 1.807) is 0 Å². The quantitative estimate of drug-likeness (QED) is 0.692. The molecule has 1 rings (SSSR count). The predicted octanol–water partition coefficient (Wildman–Crippen LogP) is 2.53. The molecule has 0 aromatic rings.